The van der Waals surface area contributed by atoms with Gasteiger partial charge in [0.15, 0.2) is 0 Å². The summed E-state index contributed by atoms with van der Waals surface area (Å²) in [5.74, 6) is 1.90. The Balaban J connectivity index is 2.20. The lowest BCUT2D eigenvalue weighted by molar-refractivity contribution is 0.240. The van der Waals surface area contributed by atoms with E-state index in [-0.39, 0.29) is 0 Å². The van der Waals surface area contributed by atoms with Crippen LogP contribution in [0.4, 0.5) is 0 Å². The second-order valence-electron chi connectivity index (χ2n) is 4.41. The van der Waals surface area contributed by atoms with Gasteiger partial charge in [0.05, 0.1) is 0 Å². The van der Waals surface area contributed by atoms with Gasteiger partial charge in [-0.1, -0.05) is 20.8 Å². The van der Waals surface area contributed by atoms with E-state index in [4.69, 9.17) is 0 Å². The van der Waals surface area contributed by atoms with Gasteiger partial charge in [0.25, 0.3) is 0 Å². The molecular weight excluding hydrogens is 146 g/mol. The molecular formula is C11H23N. The molecule has 1 saturated carbocycles. The van der Waals surface area contributed by atoms with Crippen molar-refractivity contribution in [2.75, 3.05) is 6.54 Å². The van der Waals surface area contributed by atoms with Crippen molar-refractivity contribution in [3.05, 3.63) is 0 Å². The molecule has 0 aromatic heterocycles. The first kappa shape index (κ1) is 10.0. The monoisotopic (exact) mass is 169 g/mol. The zero-order chi connectivity index (χ0) is 8.97. The Morgan fingerprint density at radius 2 is 1.75 bits per heavy atom. The number of rotatable bonds is 3. The van der Waals surface area contributed by atoms with E-state index in [0.717, 1.165) is 24.4 Å². The van der Waals surface area contributed by atoms with Crippen molar-refractivity contribution in [1.82, 2.24) is 5.32 Å². The largest absolute Gasteiger partial charge is 0.314 e. The molecule has 1 aliphatic rings. The average Bonchev–Trinajstić information content (AvgIpc) is 2.06. The Bertz CT molecular complexity index is 112. The lowest BCUT2D eigenvalue weighted by Crippen LogP contribution is -2.33. The third-order valence-electron chi connectivity index (χ3n) is 3.21. The van der Waals surface area contributed by atoms with Crippen molar-refractivity contribution in [1.29, 1.82) is 0 Å². The molecule has 0 aliphatic heterocycles. The average molecular weight is 169 g/mol. The molecule has 0 bridgehead atoms. The van der Waals surface area contributed by atoms with E-state index in [0.29, 0.717) is 0 Å². The van der Waals surface area contributed by atoms with Crippen LogP contribution in [0.1, 0.15) is 46.5 Å². The van der Waals surface area contributed by atoms with E-state index in [1.54, 1.807) is 0 Å². The smallest absolute Gasteiger partial charge is 0.00671 e. The summed E-state index contributed by atoms with van der Waals surface area (Å²) in [6.45, 7) is 8.06. The molecule has 0 atom stereocenters. The molecule has 0 aromatic rings. The number of hydrogen-bond acceptors (Lipinski definition) is 1. The van der Waals surface area contributed by atoms with Crippen molar-refractivity contribution >= 4 is 0 Å². The lowest BCUT2D eigenvalue weighted by atomic mass is 9.80. The summed E-state index contributed by atoms with van der Waals surface area (Å²) in [5.41, 5.74) is 0. The van der Waals surface area contributed by atoms with E-state index in [1.807, 2.05) is 0 Å². The second kappa shape index (κ2) is 4.86. The van der Waals surface area contributed by atoms with E-state index < -0.39 is 0 Å². The van der Waals surface area contributed by atoms with Gasteiger partial charge >= 0.3 is 0 Å². The Morgan fingerprint density at radius 3 is 2.17 bits per heavy atom. The first-order chi connectivity index (χ1) is 5.74. The Labute approximate surface area is 76.9 Å². The summed E-state index contributed by atoms with van der Waals surface area (Å²) in [5, 5.41) is 3.54. The van der Waals surface area contributed by atoms with Gasteiger partial charge in [0, 0.05) is 6.04 Å². The fourth-order valence-electron chi connectivity index (χ4n) is 2.28. The highest BCUT2D eigenvalue weighted by molar-refractivity contribution is 4.77. The lowest BCUT2D eigenvalue weighted by Gasteiger charge is -2.31. The first-order valence-electron chi connectivity index (χ1n) is 5.47. The molecule has 0 unspecified atom stereocenters. The van der Waals surface area contributed by atoms with Crippen molar-refractivity contribution in [3.8, 4) is 0 Å². The van der Waals surface area contributed by atoms with Gasteiger partial charge in [-0.3, -0.25) is 0 Å². The van der Waals surface area contributed by atoms with Crippen LogP contribution in [-0.2, 0) is 0 Å². The van der Waals surface area contributed by atoms with Crippen molar-refractivity contribution in [3.63, 3.8) is 0 Å². The summed E-state index contributed by atoms with van der Waals surface area (Å²) in [4.78, 5) is 0. The molecule has 0 amide bonds. The summed E-state index contributed by atoms with van der Waals surface area (Å²) in [6.07, 6.45) is 5.68. The molecule has 0 radical (unpaired) electrons. The van der Waals surface area contributed by atoms with Gasteiger partial charge in [-0.15, -0.1) is 0 Å². The predicted molar refractivity (Wildman–Crippen MR) is 54.3 cm³/mol. The predicted octanol–water partition coefficient (Wildman–Crippen LogP) is 2.81. The van der Waals surface area contributed by atoms with Gasteiger partial charge in [-0.2, -0.15) is 0 Å². The van der Waals surface area contributed by atoms with E-state index in [1.165, 1.54) is 25.7 Å². The Kier molecular flexibility index (Phi) is 4.07. The van der Waals surface area contributed by atoms with Crippen LogP contribution in [0.5, 0.6) is 0 Å². The fraction of sp³-hybridized carbons (Fsp3) is 1.00. The highest BCUT2D eigenvalue weighted by Gasteiger charge is 2.22. The SMILES string of the molecule is CCN[C@H]1CC[C@@H](C(C)C)CC1. The number of nitrogens with one attached hydrogen (secondary N) is 1. The topological polar surface area (TPSA) is 12.0 Å². The minimum Gasteiger partial charge on any atom is -0.314 e. The maximum atomic E-state index is 3.54. The maximum Gasteiger partial charge on any atom is 0.00671 e. The molecule has 1 heteroatoms. The van der Waals surface area contributed by atoms with Crippen LogP contribution in [0.2, 0.25) is 0 Å². The Morgan fingerprint density at radius 1 is 1.17 bits per heavy atom. The molecule has 72 valence electrons. The molecule has 0 heterocycles. The minimum atomic E-state index is 0.824. The van der Waals surface area contributed by atoms with Crippen LogP contribution in [0.3, 0.4) is 0 Å². The van der Waals surface area contributed by atoms with Gasteiger partial charge in [0.1, 0.15) is 0 Å². The molecule has 0 aromatic carbocycles. The van der Waals surface area contributed by atoms with Crippen molar-refractivity contribution < 1.29 is 0 Å². The van der Waals surface area contributed by atoms with E-state index in [9.17, 15) is 0 Å². The van der Waals surface area contributed by atoms with Crippen LogP contribution in [0.25, 0.3) is 0 Å². The summed E-state index contributed by atoms with van der Waals surface area (Å²) in [7, 11) is 0. The molecule has 1 fully saturated rings. The van der Waals surface area contributed by atoms with E-state index in [2.05, 4.69) is 26.1 Å². The van der Waals surface area contributed by atoms with Crippen LogP contribution in [-0.4, -0.2) is 12.6 Å². The quantitative estimate of drug-likeness (QED) is 0.685. The normalized spacial score (nSPS) is 31.0. The van der Waals surface area contributed by atoms with Gasteiger partial charge < -0.3 is 5.32 Å². The molecule has 0 spiro atoms. The Hall–Kier alpha value is -0.0400. The van der Waals surface area contributed by atoms with Crippen LogP contribution in [0, 0.1) is 11.8 Å². The first-order valence-corrected chi connectivity index (χ1v) is 5.47. The molecule has 12 heavy (non-hydrogen) atoms. The van der Waals surface area contributed by atoms with Crippen LogP contribution < -0.4 is 5.32 Å². The molecule has 1 N–H and O–H groups in total. The maximum absolute atomic E-state index is 3.54. The molecule has 0 saturated heterocycles. The summed E-state index contributed by atoms with van der Waals surface area (Å²) >= 11 is 0. The van der Waals surface area contributed by atoms with Crippen molar-refractivity contribution in [2.24, 2.45) is 11.8 Å². The third-order valence-corrected chi connectivity index (χ3v) is 3.21. The highest BCUT2D eigenvalue weighted by Crippen LogP contribution is 2.29. The molecule has 1 nitrogen and oxygen atoms in total. The van der Waals surface area contributed by atoms with E-state index >= 15 is 0 Å². The van der Waals surface area contributed by atoms with Crippen LogP contribution in [0.15, 0.2) is 0 Å². The van der Waals surface area contributed by atoms with Gasteiger partial charge in [-0.25, -0.2) is 0 Å². The standard InChI is InChI=1S/C11H23N/c1-4-12-11-7-5-10(6-8-11)9(2)3/h9-12H,4-8H2,1-3H3/t10-,11+. The van der Waals surface area contributed by atoms with Gasteiger partial charge in [-0.05, 0) is 44.1 Å². The number of hydrogen-bond donors (Lipinski definition) is 1. The zero-order valence-corrected chi connectivity index (χ0v) is 8.77. The molecule has 1 aliphatic carbocycles. The minimum absolute atomic E-state index is 0.824. The van der Waals surface area contributed by atoms with Gasteiger partial charge in [0.2, 0.25) is 0 Å². The molecule has 1 rings (SSSR count). The van der Waals surface area contributed by atoms with Crippen LogP contribution >= 0.6 is 0 Å². The fourth-order valence-corrected chi connectivity index (χ4v) is 2.28. The second-order valence-corrected chi connectivity index (χ2v) is 4.41. The van der Waals surface area contributed by atoms with Crippen molar-refractivity contribution in [2.45, 2.75) is 52.5 Å². The third kappa shape index (κ3) is 2.78. The highest BCUT2D eigenvalue weighted by atomic mass is 14.9. The zero-order valence-electron chi connectivity index (χ0n) is 8.77. The summed E-state index contributed by atoms with van der Waals surface area (Å²) in [6, 6.07) is 0.824. The summed E-state index contributed by atoms with van der Waals surface area (Å²) < 4.78 is 0.